The van der Waals surface area contributed by atoms with E-state index in [4.69, 9.17) is 11.1 Å². The van der Waals surface area contributed by atoms with Gasteiger partial charge in [0.1, 0.15) is 0 Å². The van der Waals surface area contributed by atoms with Crippen molar-refractivity contribution in [3.63, 3.8) is 0 Å². The number of nitrogens with two attached hydrogens (primary N) is 1. The summed E-state index contributed by atoms with van der Waals surface area (Å²) in [6.45, 7) is 0. The maximum absolute atomic E-state index is 7.46. The molecule has 0 aliphatic heterocycles. The minimum atomic E-state index is 0.438. The number of allylic oxidation sites excluding steroid dienone is 1. The van der Waals surface area contributed by atoms with Crippen LogP contribution in [0, 0.1) is 5.41 Å². The molecule has 0 saturated carbocycles. The van der Waals surface area contributed by atoms with Gasteiger partial charge in [0.2, 0.25) is 0 Å². The van der Waals surface area contributed by atoms with E-state index in [1.54, 1.807) is 6.08 Å². The van der Waals surface area contributed by atoms with E-state index >= 15 is 0 Å². The molecule has 2 nitrogen and oxygen atoms in total. The van der Waals surface area contributed by atoms with Crippen LogP contribution in [0.3, 0.4) is 0 Å². The molecule has 1 aromatic carbocycles. The Morgan fingerprint density at radius 3 is 2.45 bits per heavy atom. The average molecular weight is 146 g/mol. The van der Waals surface area contributed by atoms with Crippen molar-refractivity contribution in [3.8, 4) is 0 Å². The summed E-state index contributed by atoms with van der Waals surface area (Å²) in [6, 6.07) is 9.47. The molecule has 0 fully saturated rings. The Morgan fingerprint density at radius 1 is 1.27 bits per heavy atom. The lowest BCUT2D eigenvalue weighted by Gasteiger charge is -1.95. The first-order chi connectivity index (χ1) is 5.34. The summed E-state index contributed by atoms with van der Waals surface area (Å²) in [5, 5.41) is 7.46. The monoisotopic (exact) mass is 146 g/mol. The zero-order chi connectivity index (χ0) is 8.10. The Kier molecular flexibility index (Phi) is 2.44. The van der Waals surface area contributed by atoms with E-state index in [-0.39, 0.29) is 0 Å². The molecule has 1 aromatic rings. The number of nitrogens with one attached hydrogen (secondary N) is 1. The van der Waals surface area contributed by atoms with Gasteiger partial charge in [0.15, 0.2) is 0 Å². The van der Waals surface area contributed by atoms with E-state index in [9.17, 15) is 0 Å². The summed E-state index contributed by atoms with van der Waals surface area (Å²) < 4.78 is 0. The molecule has 0 aliphatic rings. The van der Waals surface area contributed by atoms with E-state index in [2.05, 4.69) is 0 Å². The summed E-state index contributed by atoms with van der Waals surface area (Å²) in [5.74, 6) is 0. The van der Waals surface area contributed by atoms with Crippen molar-refractivity contribution >= 4 is 5.71 Å². The Morgan fingerprint density at radius 2 is 1.91 bits per heavy atom. The summed E-state index contributed by atoms with van der Waals surface area (Å²) >= 11 is 0. The van der Waals surface area contributed by atoms with Gasteiger partial charge in [-0.2, -0.15) is 0 Å². The highest BCUT2D eigenvalue weighted by Crippen LogP contribution is 1.99. The molecule has 0 atom stereocenters. The fourth-order valence-electron chi connectivity index (χ4n) is 0.810. The van der Waals surface area contributed by atoms with Crippen LogP contribution in [0.1, 0.15) is 5.56 Å². The zero-order valence-corrected chi connectivity index (χ0v) is 6.12. The highest BCUT2D eigenvalue weighted by molar-refractivity contribution is 6.06. The van der Waals surface area contributed by atoms with Gasteiger partial charge in [0, 0.05) is 0 Å². The second-order valence-electron chi connectivity index (χ2n) is 2.14. The Hall–Kier alpha value is -1.57. The molecule has 11 heavy (non-hydrogen) atoms. The molecule has 1 rings (SSSR count). The smallest absolute Gasteiger partial charge is 0.0626 e. The summed E-state index contributed by atoms with van der Waals surface area (Å²) in [7, 11) is 0. The molecule has 0 amide bonds. The molecular weight excluding hydrogens is 136 g/mol. The molecule has 0 heterocycles. The van der Waals surface area contributed by atoms with E-state index in [1.807, 2.05) is 30.3 Å². The normalized spacial score (nSPS) is 10.2. The van der Waals surface area contributed by atoms with Crippen molar-refractivity contribution in [2.24, 2.45) is 5.73 Å². The Bertz CT molecular complexity index is 262. The van der Waals surface area contributed by atoms with Crippen LogP contribution in [0.5, 0.6) is 0 Å². The summed E-state index contributed by atoms with van der Waals surface area (Å²) in [4.78, 5) is 0. The van der Waals surface area contributed by atoms with E-state index in [0.717, 1.165) is 5.56 Å². The predicted molar refractivity (Wildman–Crippen MR) is 46.6 cm³/mol. The SMILES string of the molecule is N=C(C=CN)c1ccccc1. The van der Waals surface area contributed by atoms with Gasteiger partial charge in [-0.25, -0.2) is 0 Å². The molecule has 3 N–H and O–H groups in total. The average Bonchev–Trinajstić information content (AvgIpc) is 2.07. The number of hydrogen-bond acceptors (Lipinski definition) is 2. The van der Waals surface area contributed by atoms with Gasteiger partial charge < -0.3 is 11.1 Å². The second kappa shape index (κ2) is 3.56. The van der Waals surface area contributed by atoms with Gasteiger partial charge in [0.05, 0.1) is 5.71 Å². The van der Waals surface area contributed by atoms with Crippen LogP contribution < -0.4 is 5.73 Å². The molecule has 2 heteroatoms. The van der Waals surface area contributed by atoms with Crippen molar-refractivity contribution in [2.75, 3.05) is 0 Å². The van der Waals surface area contributed by atoms with Crippen LogP contribution >= 0.6 is 0 Å². The maximum Gasteiger partial charge on any atom is 0.0626 e. The third-order valence-electron chi connectivity index (χ3n) is 1.35. The molecule has 56 valence electrons. The van der Waals surface area contributed by atoms with Crippen molar-refractivity contribution in [3.05, 3.63) is 48.2 Å². The van der Waals surface area contributed by atoms with Crippen LogP contribution in [-0.2, 0) is 0 Å². The quantitative estimate of drug-likeness (QED) is 0.611. The maximum atomic E-state index is 7.46. The number of benzene rings is 1. The van der Waals surface area contributed by atoms with Crippen LogP contribution in [0.2, 0.25) is 0 Å². The van der Waals surface area contributed by atoms with Crippen LogP contribution in [-0.4, -0.2) is 5.71 Å². The van der Waals surface area contributed by atoms with E-state index in [1.165, 1.54) is 6.20 Å². The third kappa shape index (κ3) is 1.93. The Labute approximate surface area is 65.9 Å². The van der Waals surface area contributed by atoms with Gasteiger partial charge in [-0.1, -0.05) is 30.3 Å². The molecule has 0 radical (unpaired) electrons. The van der Waals surface area contributed by atoms with Crippen LogP contribution in [0.15, 0.2) is 42.6 Å². The number of rotatable bonds is 2. The Balaban J connectivity index is 2.86. The van der Waals surface area contributed by atoms with Gasteiger partial charge in [-0.05, 0) is 17.8 Å². The molecule has 0 aliphatic carbocycles. The standard InChI is InChI=1S/C9H10N2/c10-7-6-9(11)8-4-2-1-3-5-8/h1-7,11H,10H2. The summed E-state index contributed by atoms with van der Waals surface area (Å²) in [5.41, 5.74) is 6.47. The van der Waals surface area contributed by atoms with Crippen molar-refractivity contribution in [2.45, 2.75) is 0 Å². The predicted octanol–water partition coefficient (Wildman–Crippen LogP) is 1.53. The molecular formula is C9H10N2. The fourth-order valence-corrected chi connectivity index (χ4v) is 0.810. The minimum absolute atomic E-state index is 0.438. The lowest BCUT2D eigenvalue weighted by Crippen LogP contribution is -1.94. The zero-order valence-electron chi connectivity index (χ0n) is 6.12. The first-order valence-electron chi connectivity index (χ1n) is 3.37. The third-order valence-corrected chi connectivity index (χ3v) is 1.35. The van der Waals surface area contributed by atoms with Gasteiger partial charge in [-0.3, -0.25) is 0 Å². The highest BCUT2D eigenvalue weighted by Gasteiger charge is 1.92. The van der Waals surface area contributed by atoms with Crippen molar-refractivity contribution in [1.29, 1.82) is 5.41 Å². The first kappa shape index (κ1) is 7.54. The van der Waals surface area contributed by atoms with Gasteiger partial charge >= 0.3 is 0 Å². The molecule has 0 aromatic heterocycles. The molecule has 0 saturated heterocycles. The molecule has 0 unspecified atom stereocenters. The van der Waals surface area contributed by atoms with Gasteiger partial charge in [-0.15, -0.1) is 0 Å². The van der Waals surface area contributed by atoms with Crippen molar-refractivity contribution < 1.29 is 0 Å². The number of hydrogen-bond donors (Lipinski definition) is 2. The molecule has 0 spiro atoms. The summed E-state index contributed by atoms with van der Waals surface area (Å²) in [6.07, 6.45) is 2.94. The largest absolute Gasteiger partial charge is 0.405 e. The van der Waals surface area contributed by atoms with Crippen molar-refractivity contribution in [1.82, 2.24) is 0 Å². The lowest BCUT2D eigenvalue weighted by molar-refractivity contribution is 1.48. The first-order valence-corrected chi connectivity index (χ1v) is 3.37. The minimum Gasteiger partial charge on any atom is -0.405 e. The lowest BCUT2D eigenvalue weighted by atomic mass is 10.1. The van der Waals surface area contributed by atoms with E-state index in [0.29, 0.717) is 5.71 Å². The van der Waals surface area contributed by atoms with Crippen LogP contribution in [0.25, 0.3) is 0 Å². The second-order valence-corrected chi connectivity index (χ2v) is 2.14. The highest BCUT2D eigenvalue weighted by atomic mass is 14.5. The van der Waals surface area contributed by atoms with E-state index < -0.39 is 0 Å². The van der Waals surface area contributed by atoms with Gasteiger partial charge in [0.25, 0.3) is 0 Å². The fraction of sp³-hybridized carbons (Fsp3) is 0. The van der Waals surface area contributed by atoms with Crippen LogP contribution in [0.4, 0.5) is 0 Å². The molecule has 0 bridgehead atoms. The topological polar surface area (TPSA) is 49.9 Å².